The van der Waals surface area contributed by atoms with E-state index in [1.54, 1.807) is 0 Å². The third kappa shape index (κ3) is 6.48. The van der Waals surface area contributed by atoms with Crippen molar-refractivity contribution in [2.75, 3.05) is 31.6 Å². The molecular weight excluding hydrogens is 396 g/mol. The number of piperidine rings is 1. The average Bonchev–Trinajstić information content (AvgIpc) is 2.74. The van der Waals surface area contributed by atoms with Crippen LogP contribution < -0.4 is 10.1 Å². The van der Waals surface area contributed by atoms with Crippen LogP contribution in [0.1, 0.15) is 45.1 Å². The van der Waals surface area contributed by atoms with Crippen LogP contribution in [-0.2, 0) is 4.79 Å². The second kappa shape index (κ2) is 10.8. The van der Waals surface area contributed by atoms with Crippen LogP contribution in [0.2, 0.25) is 5.02 Å². The second-order valence-electron chi connectivity index (χ2n) is 8.69. The van der Waals surface area contributed by atoms with E-state index in [0.29, 0.717) is 23.5 Å². The maximum Gasteiger partial charge on any atom is 0.226 e. The van der Waals surface area contributed by atoms with Crippen molar-refractivity contribution < 1.29 is 9.53 Å². The third-order valence-electron chi connectivity index (χ3n) is 5.67. The van der Waals surface area contributed by atoms with Crippen molar-refractivity contribution in [1.29, 1.82) is 0 Å². The minimum Gasteiger partial charge on any atom is -0.492 e. The number of benzene rings is 2. The number of anilines is 1. The summed E-state index contributed by atoms with van der Waals surface area (Å²) in [4.78, 5) is 14.5. The standard InChI is InChI=1S/C25H33ClN2O2/c1-18(2)25(29)27-22-8-6-7-21(15-22)20-11-13-28(14-12-20)16-19(3)17-30-24-10-5-4-9-23(24)26/h4-10,15,18-20H,11-14,16-17H2,1-3H3,(H,27,29)/t19-/m0/s1. The van der Waals surface area contributed by atoms with Gasteiger partial charge in [0.25, 0.3) is 0 Å². The average molecular weight is 429 g/mol. The van der Waals surface area contributed by atoms with Gasteiger partial charge in [0.1, 0.15) is 5.75 Å². The summed E-state index contributed by atoms with van der Waals surface area (Å²) < 4.78 is 5.90. The lowest BCUT2D eigenvalue weighted by Crippen LogP contribution is -2.37. The van der Waals surface area contributed by atoms with Crippen LogP contribution in [0.4, 0.5) is 5.69 Å². The molecule has 1 amide bonds. The third-order valence-corrected chi connectivity index (χ3v) is 5.98. The van der Waals surface area contributed by atoms with Crippen LogP contribution in [0.15, 0.2) is 48.5 Å². The number of halogens is 1. The molecule has 162 valence electrons. The summed E-state index contributed by atoms with van der Waals surface area (Å²) >= 11 is 6.17. The molecule has 0 spiro atoms. The zero-order chi connectivity index (χ0) is 21.5. The molecule has 5 heteroatoms. The van der Waals surface area contributed by atoms with E-state index in [4.69, 9.17) is 16.3 Å². The van der Waals surface area contributed by atoms with Gasteiger partial charge in [0.15, 0.2) is 0 Å². The Morgan fingerprint density at radius 1 is 1.13 bits per heavy atom. The fourth-order valence-corrected chi connectivity index (χ4v) is 4.08. The summed E-state index contributed by atoms with van der Waals surface area (Å²) in [5.41, 5.74) is 2.23. The molecule has 1 fully saturated rings. The van der Waals surface area contributed by atoms with Crippen molar-refractivity contribution in [3.8, 4) is 5.75 Å². The van der Waals surface area contributed by atoms with E-state index in [0.717, 1.165) is 43.9 Å². The van der Waals surface area contributed by atoms with Crippen LogP contribution in [0.3, 0.4) is 0 Å². The quantitative estimate of drug-likeness (QED) is 0.575. The molecule has 2 aromatic rings. The van der Waals surface area contributed by atoms with Gasteiger partial charge in [0.2, 0.25) is 5.91 Å². The Kier molecular flexibility index (Phi) is 8.17. The first-order chi connectivity index (χ1) is 14.4. The van der Waals surface area contributed by atoms with E-state index in [1.165, 1.54) is 5.56 Å². The van der Waals surface area contributed by atoms with E-state index in [1.807, 2.05) is 50.2 Å². The van der Waals surface area contributed by atoms with Crippen molar-refractivity contribution in [3.05, 3.63) is 59.1 Å². The van der Waals surface area contributed by atoms with Crippen LogP contribution in [0.5, 0.6) is 5.75 Å². The molecular formula is C25H33ClN2O2. The molecule has 4 nitrogen and oxygen atoms in total. The zero-order valence-corrected chi connectivity index (χ0v) is 19.0. The van der Waals surface area contributed by atoms with Crippen LogP contribution in [0, 0.1) is 11.8 Å². The largest absolute Gasteiger partial charge is 0.492 e. The Labute approximate surface area is 185 Å². The SMILES string of the molecule is CC(C)C(=O)Nc1cccc(C2CCN(C[C@H](C)COc3ccccc3Cl)CC2)c1. The van der Waals surface area contributed by atoms with Crippen LogP contribution >= 0.6 is 11.6 Å². The van der Waals surface area contributed by atoms with E-state index in [-0.39, 0.29) is 11.8 Å². The number of ether oxygens (including phenoxy) is 1. The fourth-order valence-electron chi connectivity index (χ4n) is 3.89. The van der Waals surface area contributed by atoms with E-state index in [9.17, 15) is 4.79 Å². The van der Waals surface area contributed by atoms with Gasteiger partial charge in [0, 0.05) is 24.1 Å². The molecule has 0 bridgehead atoms. The van der Waals surface area contributed by atoms with Crippen LogP contribution in [0.25, 0.3) is 0 Å². The van der Waals surface area contributed by atoms with Crippen molar-refractivity contribution >= 4 is 23.2 Å². The number of likely N-dealkylation sites (tertiary alicyclic amines) is 1. The number of hydrogen-bond donors (Lipinski definition) is 1. The summed E-state index contributed by atoms with van der Waals surface area (Å²) in [6, 6.07) is 16.0. The van der Waals surface area contributed by atoms with Crippen molar-refractivity contribution in [2.45, 2.75) is 39.5 Å². The highest BCUT2D eigenvalue weighted by atomic mass is 35.5. The summed E-state index contributed by atoms with van der Waals surface area (Å²) in [6.45, 7) is 9.92. The molecule has 0 saturated carbocycles. The molecule has 2 aromatic carbocycles. The Hall–Kier alpha value is -2.04. The van der Waals surface area contributed by atoms with E-state index in [2.05, 4.69) is 29.3 Å². The summed E-state index contributed by atoms with van der Waals surface area (Å²) in [5, 5.41) is 3.68. The lowest BCUT2D eigenvalue weighted by Gasteiger charge is -2.34. The number of rotatable bonds is 8. The number of para-hydroxylation sites is 1. The number of carbonyl (C=O) groups is 1. The molecule has 3 rings (SSSR count). The highest BCUT2D eigenvalue weighted by Gasteiger charge is 2.22. The molecule has 0 aliphatic carbocycles. The van der Waals surface area contributed by atoms with Gasteiger partial charge in [-0.15, -0.1) is 0 Å². The maximum absolute atomic E-state index is 12.0. The monoisotopic (exact) mass is 428 g/mol. The van der Waals surface area contributed by atoms with E-state index >= 15 is 0 Å². The summed E-state index contributed by atoms with van der Waals surface area (Å²) in [6.07, 6.45) is 2.28. The van der Waals surface area contributed by atoms with Crippen molar-refractivity contribution in [3.63, 3.8) is 0 Å². The van der Waals surface area contributed by atoms with Gasteiger partial charge in [-0.25, -0.2) is 0 Å². The minimum atomic E-state index is -0.0132. The van der Waals surface area contributed by atoms with Gasteiger partial charge in [-0.05, 0) is 61.7 Å². The smallest absolute Gasteiger partial charge is 0.226 e. The molecule has 0 aromatic heterocycles. The van der Waals surface area contributed by atoms with Crippen molar-refractivity contribution in [1.82, 2.24) is 4.90 Å². The number of carbonyl (C=O) groups excluding carboxylic acids is 1. The Morgan fingerprint density at radius 3 is 2.57 bits per heavy atom. The molecule has 1 aliphatic rings. The lowest BCUT2D eigenvalue weighted by atomic mass is 9.89. The molecule has 1 heterocycles. The molecule has 0 radical (unpaired) electrons. The molecule has 30 heavy (non-hydrogen) atoms. The zero-order valence-electron chi connectivity index (χ0n) is 18.2. The first-order valence-electron chi connectivity index (χ1n) is 10.9. The topological polar surface area (TPSA) is 41.6 Å². The normalized spacial score (nSPS) is 16.4. The molecule has 1 atom stereocenters. The van der Waals surface area contributed by atoms with Crippen LogP contribution in [-0.4, -0.2) is 37.0 Å². The Morgan fingerprint density at radius 2 is 1.87 bits per heavy atom. The maximum atomic E-state index is 12.0. The molecule has 0 unspecified atom stereocenters. The fraction of sp³-hybridized carbons (Fsp3) is 0.480. The van der Waals surface area contributed by atoms with Gasteiger partial charge in [-0.1, -0.05) is 56.6 Å². The Balaban J connectivity index is 1.45. The number of hydrogen-bond acceptors (Lipinski definition) is 3. The second-order valence-corrected chi connectivity index (χ2v) is 9.10. The summed E-state index contributed by atoms with van der Waals surface area (Å²) in [7, 11) is 0. The minimum absolute atomic E-state index is 0.0132. The number of nitrogens with zero attached hydrogens (tertiary/aromatic N) is 1. The predicted molar refractivity (Wildman–Crippen MR) is 124 cm³/mol. The van der Waals surface area contributed by atoms with Gasteiger partial charge in [-0.2, -0.15) is 0 Å². The first-order valence-corrected chi connectivity index (χ1v) is 11.3. The number of nitrogens with one attached hydrogen (secondary N) is 1. The first kappa shape index (κ1) is 22.6. The Bertz CT molecular complexity index is 831. The molecule has 1 saturated heterocycles. The molecule has 1 N–H and O–H groups in total. The van der Waals surface area contributed by atoms with E-state index < -0.39 is 0 Å². The van der Waals surface area contributed by atoms with Gasteiger partial charge in [0.05, 0.1) is 11.6 Å². The predicted octanol–water partition coefficient (Wildman–Crippen LogP) is 5.83. The highest BCUT2D eigenvalue weighted by Crippen LogP contribution is 2.30. The summed E-state index contributed by atoms with van der Waals surface area (Å²) in [5.74, 6) is 1.80. The van der Waals surface area contributed by atoms with Gasteiger partial charge >= 0.3 is 0 Å². The number of amides is 1. The van der Waals surface area contributed by atoms with Gasteiger partial charge < -0.3 is 15.0 Å². The highest BCUT2D eigenvalue weighted by molar-refractivity contribution is 6.32. The molecule has 1 aliphatic heterocycles. The van der Waals surface area contributed by atoms with Gasteiger partial charge in [-0.3, -0.25) is 4.79 Å². The van der Waals surface area contributed by atoms with Crippen molar-refractivity contribution in [2.24, 2.45) is 11.8 Å². The lowest BCUT2D eigenvalue weighted by molar-refractivity contribution is -0.118.